The van der Waals surface area contributed by atoms with E-state index >= 15 is 0 Å². The van der Waals surface area contributed by atoms with Crippen molar-refractivity contribution in [2.75, 3.05) is 31.3 Å². The van der Waals surface area contributed by atoms with Gasteiger partial charge in [0.1, 0.15) is 5.75 Å². The van der Waals surface area contributed by atoms with Crippen LogP contribution in [0.5, 0.6) is 5.75 Å². The normalized spacial score (nSPS) is 16.9. The number of hydrogen-bond acceptors (Lipinski definition) is 8. The lowest BCUT2D eigenvalue weighted by molar-refractivity contribution is -0.274. The van der Waals surface area contributed by atoms with Crippen LogP contribution in [-0.2, 0) is 19.6 Å². The van der Waals surface area contributed by atoms with Gasteiger partial charge in [0.25, 0.3) is 5.91 Å². The second-order valence-corrected chi connectivity index (χ2v) is 10.8. The van der Waals surface area contributed by atoms with Crippen LogP contribution in [0.4, 0.5) is 18.3 Å². The second kappa shape index (κ2) is 10.0. The zero-order chi connectivity index (χ0) is 25.3. The predicted molar refractivity (Wildman–Crippen MR) is 120 cm³/mol. The molecule has 2 aromatic rings. The number of likely N-dealkylation sites (N-methyl/N-ethyl adjacent to an activating group) is 1. The molecule has 0 spiro atoms. The highest BCUT2D eigenvalue weighted by Gasteiger charge is 2.32. The van der Waals surface area contributed by atoms with Gasteiger partial charge < -0.3 is 10.1 Å². The first-order valence-corrected chi connectivity index (χ1v) is 12.8. The van der Waals surface area contributed by atoms with E-state index in [1.165, 1.54) is 35.3 Å². The molecule has 0 bridgehead atoms. The van der Waals surface area contributed by atoms with E-state index in [2.05, 4.69) is 20.4 Å². The summed E-state index contributed by atoms with van der Waals surface area (Å²) in [5.41, 5.74) is 0.381. The third-order valence-electron chi connectivity index (χ3n) is 5.12. The number of thiazole rings is 1. The molecule has 188 valence electrons. The van der Waals surface area contributed by atoms with E-state index < -0.39 is 40.1 Å². The lowest BCUT2D eigenvalue weighted by Gasteiger charge is -2.33. The van der Waals surface area contributed by atoms with E-state index in [0.717, 1.165) is 23.7 Å². The van der Waals surface area contributed by atoms with Crippen LogP contribution in [0.3, 0.4) is 0 Å². The largest absolute Gasteiger partial charge is 0.573 e. The molecule has 34 heavy (non-hydrogen) atoms. The number of sulfonamides is 1. The quantitative estimate of drug-likeness (QED) is 0.529. The first-order valence-electron chi connectivity index (χ1n) is 10.1. The number of aromatic nitrogens is 1. The molecule has 1 atom stereocenters. The highest BCUT2D eigenvalue weighted by molar-refractivity contribution is 7.88. The van der Waals surface area contributed by atoms with E-state index in [0.29, 0.717) is 23.1 Å². The van der Waals surface area contributed by atoms with Crippen molar-refractivity contribution >= 4 is 48.5 Å². The van der Waals surface area contributed by atoms with Gasteiger partial charge in [-0.15, -0.1) is 13.2 Å². The van der Waals surface area contributed by atoms with E-state index in [1.54, 1.807) is 0 Å². The maximum atomic E-state index is 13.1. The van der Waals surface area contributed by atoms with Crippen LogP contribution < -0.4 is 20.3 Å². The number of hydrogen-bond donors (Lipinski definition) is 2. The van der Waals surface area contributed by atoms with E-state index in [-0.39, 0.29) is 24.3 Å². The number of nitrogens with zero attached hydrogens (tertiary/aromatic N) is 3. The van der Waals surface area contributed by atoms with Crippen molar-refractivity contribution in [3.05, 3.63) is 18.2 Å². The Kier molecular flexibility index (Phi) is 7.69. The van der Waals surface area contributed by atoms with Gasteiger partial charge in [0, 0.05) is 39.2 Å². The Morgan fingerprint density at radius 1 is 1.29 bits per heavy atom. The lowest BCUT2D eigenvalue weighted by Crippen LogP contribution is -2.59. The molecule has 1 aromatic carbocycles. The third kappa shape index (κ3) is 6.77. The number of halogens is 3. The van der Waals surface area contributed by atoms with Gasteiger partial charge in [0.2, 0.25) is 15.9 Å². The van der Waals surface area contributed by atoms with Crippen LogP contribution in [0.1, 0.15) is 19.8 Å². The van der Waals surface area contributed by atoms with Gasteiger partial charge in [-0.2, -0.15) is 0 Å². The molecule has 0 radical (unpaired) electrons. The molecule has 1 saturated heterocycles. The average Bonchev–Trinajstić information content (AvgIpc) is 3.13. The summed E-state index contributed by atoms with van der Waals surface area (Å²) >= 11 is 0.992. The van der Waals surface area contributed by atoms with Crippen molar-refractivity contribution in [3.63, 3.8) is 0 Å². The molecule has 0 saturated carbocycles. The second-order valence-electron chi connectivity index (χ2n) is 7.81. The number of anilines is 1. The molecule has 0 aliphatic carbocycles. The minimum atomic E-state index is -4.83. The van der Waals surface area contributed by atoms with Crippen LogP contribution in [0.2, 0.25) is 0 Å². The number of carbonyl (C=O) groups is 2. The van der Waals surface area contributed by atoms with Crippen molar-refractivity contribution in [3.8, 4) is 5.75 Å². The minimum absolute atomic E-state index is 0.216. The average molecular weight is 524 g/mol. The summed E-state index contributed by atoms with van der Waals surface area (Å²) in [6.45, 7) is 1.83. The minimum Gasteiger partial charge on any atom is -0.406 e. The van der Waals surface area contributed by atoms with Crippen LogP contribution in [0, 0.1) is 0 Å². The van der Waals surface area contributed by atoms with Gasteiger partial charge in [-0.3, -0.25) is 19.8 Å². The summed E-state index contributed by atoms with van der Waals surface area (Å²) < 4.78 is 66.5. The molecule has 2 amide bonds. The Labute approximate surface area is 198 Å². The van der Waals surface area contributed by atoms with Crippen molar-refractivity contribution in [1.29, 1.82) is 0 Å². The van der Waals surface area contributed by atoms with E-state index in [4.69, 9.17) is 0 Å². The third-order valence-corrected chi connectivity index (χ3v) is 7.52. The topological polar surface area (TPSA) is 121 Å². The molecule has 1 aromatic heterocycles. The van der Waals surface area contributed by atoms with Gasteiger partial charge in [0.15, 0.2) is 11.3 Å². The molecule has 15 heteroatoms. The highest BCUT2D eigenvalue weighted by Crippen LogP contribution is 2.33. The number of piperidine rings is 1. The molecule has 2 heterocycles. The molecule has 1 fully saturated rings. The number of rotatable bonds is 7. The van der Waals surface area contributed by atoms with Crippen LogP contribution in [-0.4, -0.2) is 74.5 Å². The Hall–Kier alpha value is -2.49. The van der Waals surface area contributed by atoms with E-state index in [1.807, 2.05) is 0 Å². The molecule has 1 aliphatic rings. The first kappa shape index (κ1) is 26.1. The number of amides is 2. The SMILES string of the molecule is CC(=O)NC(NC1CCN(S(C)(=O)=O)CC1)C(=O)N(C)c1nc2ccc(OC(F)(F)F)cc2s1. The number of alkyl halides is 3. The van der Waals surface area contributed by atoms with Crippen molar-refractivity contribution in [1.82, 2.24) is 19.9 Å². The summed E-state index contributed by atoms with van der Waals surface area (Å²) in [4.78, 5) is 30.3. The zero-order valence-corrected chi connectivity index (χ0v) is 20.2. The molecular weight excluding hydrogens is 499 g/mol. The van der Waals surface area contributed by atoms with E-state index in [9.17, 15) is 31.2 Å². The number of nitrogens with one attached hydrogen (secondary N) is 2. The predicted octanol–water partition coefficient (Wildman–Crippen LogP) is 1.63. The summed E-state index contributed by atoms with van der Waals surface area (Å²) in [7, 11) is -1.87. The lowest BCUT2D eigenvalue weighted by atomic mass is 10.1. The van der Waals surface area contributed by atoms with Gasteiger partial charge in [-0.25, -0.2) is 17.7 Å². The van der Waals surface area contributed by atoms with Gasteiger partial charge in [0.05, 0.1) is 16.5 Å². The maximum absolute atomic E-state index is 13.1. The van der Waals surface area contributed by atoms with Crippen molar-refractivity contribution in [2.45, 2.75) is 38.3 Å². The number of fused-ring (bicyclic) bond motifs is 1. The molecule has 3 rings (SSSR count). The Morgan fingerprint density at radius 2 is 1.94 bits per heavy atom. The van der Waals surface area contributed by atoms with Gasteiger partial charge in [-0.1, -0.05) is 11.3 Å². The standard InChI is InChI=1S/C19H24F3N5O5S2/c1-11(28)23-16(24-12-6-8-27(9-7-12)34(3,30)31)17(29)26(2)18-25-14-5-4-13(10-15(14)33-18)32-19(20,21)22/h4-5,10,12,16,24H,6-9H2,1-3H3,(H,23,28). The van der Waals surface area contributed by atoms with Crippen molar-refractivity contribution in [2.24, 2.45) is 0 Å². The van der Waals surface area contributed by atoms with Crippen LogP contribution in [0.25, 0.3) is 10.2 Å². The Balaban J connectivity index is 1.73. The zero-order valence-electron chi connectivity index (χ0n) is 18.5. The number of ether oxygens (including phenoxy) is 1. The fourth-order valence-corrected chi connectivity index (χ4v) is 5.32. The highest BCUT2D eigenvalue weighted by atomic mass is 32.2. The summed E-state index contributed by atoms with van der Waals surface area (Å²) in [6.07, 6.45) is -3.90. The Bertz CT molecular complexity index is 1160. The Morgan fingerprint density at radius 3 is 2.50 bits per heavy atom. The fourth-order valence-electron chi connectivity index (χ4n) is 3.49. The first-order chi connectivity index (χ1) is 15.7. The van der Waals surface area contributed by atoms with Gasteiger partial charge >= 0.3 is 6.36 Å². The molecular formula is C19H24F3N5O5S2. The van der Waals surface area contributed by atoms with Crippen LogP contribution in [0.15, 0.2) is 18.2 Å². The molecule has 2 N–H and O–H groups in total. The molecule has 1 aliphatic heterocycles. The summed E-state index contributed by atoms with van der Waals surface area (Å²) in [5.74, 6) is -1.39. The summed E-state index contributed by atoms with van der Waals surface area (Å²) in [5, 5.41) is 5.83. The maximum Gasteiger partial charge on any atom is 0.573 e. The van der Waals surface area contributed by atoms with Crippen molar-refractivity contribution < 1.29 is 35.9 Å². The molecule has 10 nitrogen and oxygen atoms in total. The number of carbonyl (C=O) groups excluding carboxylic acids is 2. The molecule has 1 unspecified atom stereocenters. The van der Waals surface area contributed by atoms with Crippen LogP contribution >= 0.6 is 11.3 Å². The summed E-state index contributed by atoms with van der Waals surface area (Å²) in [6, 6.07) is 3.45. The number of benzene rings is 1. The monoisotopic (exact) mass is 523 g/mol. The van der Waals surface area contributed by atoms with Gasteiger partial charge in [-0.05, 0) is 25.0 Å². The fraction of sp³-hybridized carbons (Fsp3) is 0.526. The smallest absolute Gasteiger partial charge is 0.406 e.